The summed E-state index contributed by atoms with van der Waals surface area (Å²) in [5.74, 6) is 0. The molecule has 0 rings (SSSR count). The van der Waals surface area contributed by atoms with Crippen LogP contribution in [0.25, 0.3) is 0 Å². The Kier molecular flexibility index (Phi) is 44.9. The van der Waals surface area contributed by atoms with Crippen molar-refractivity contribution in [2.45, 2.75) is 284 Å². The molecule has 0 spiro atoms. The first-order valence-corrected chi connectivity index (χ1v) is 23.5. The van der Waals surface area contributed by atoms with E-state index in [2.05, 4.69) is 25.8 Å². The molecule has 0 heterocycles. The lowest BCUT2D eigenvalue weighted by Gasteiger charge is -2.16. The Morgan fingerprint density at radius 3 is 0.458 bits per heavy atom. The first-order valence-electron chi connectivity index (χ1n) is 23.5. The molecule has 0 fully saturated rings. The molecule has 0 radical (unpaired) electrons. The third-order valence-electron chi connectivity index (χ3n) is 11.3. The topological polar surface area (TPSA) is 3.24 Å². The molecule has 0 unspecified atom stereocenters. The summed E-state index contributed by atoms with van der Waals surface area (Å²) in [6.07, 6.45) is 61.8. The van der Waals surface area contributed by atoms with E-state index in [-0.39, 0.29) is 0 Å². The number of unbranched alkanes of at least 4 members (excludes halogenated alkanes) is 40. The third-order valence-corrected chi connectivity index (χ3v) is 11.3. The molecule has 1 heteroatoms. The highest BCUT2D eigenvalue weighted by Gasteiger charge is 2.00. The van der Waals surface area contributed by atoms with Crippen molar-refractivity contribution in [2.75, 3.05) is 20.1 Å². The van der Waals surface area contributed by atoms with E-state index in [9.17, 15) is 0 Å². The van der Waals surface area contributed by atoms with Crippen LogP contribution in [0.5, 0.6) is 0 Å². The van der Waals surface area contributed by atoms with Gasteiger partial charge in [0.15, 0.2) is 0 Å². The van der Waals surface area contributed by atoms with Crippen molar-refractivity contribution in [2.24, 2.45) is 0 Å². The summed E-state index contributed by atoms with van der Waals surface area (Å²) in [5, 5.41) is 0. The third kappa shape index (κ3) is 44.0. The summed E-state index contributed by atoms with van der Waals surface area (Å²) < 4.78 is 0. The van der Waals surface area contributed by atoms with Gasteiger partial charge < -0.3 is 4.90 Å². The van der Waals surface area contributed by atoms with E-state index in [4.69, 9.17) is 0 Å². The Morgan fingerprint density at radius 1 is 0.188 bits per heavy atom. The Balaban J connectivity index is 3.14. The Hall–Kier alpha value is -0.0400. The first-order chi connectivity index (χ1) is 23.8. The SMILES string of the molecule is CCCCCCCCCCCCCCCCCCCCCCCN(C)CCCCCCCCCCCCCCCCCCCCCCC. The van der Waals surface area contributed by atoms with Crippen LogP contribution in [-0.4, -0.2) is 25.0 Å². The lowest BCUT2D eigenvalue weighted by Crippen LogP contribution is -2.20. The van der Waals surface area contributed by atoms with Gasteiger partial charge in [-0.15, -0.1) is 0 Å². The zero-order valence-electron chi connectivity index (χ0n) is 34.6. The molecule has 0 saturated carbocycles. The van der Waals surface area contributed by atoms with E-state index in [1.54, 1.807) is 0 Å². The zero-order chi connectivity index (χ0) is 34.7. The summed E-state index contributed by atoms with van der Waals surface area (Å²) in [5.41, 5.74) is 0. The Bertz CT molecular complexity index is 483. The lowest BCUT2D eigenvalue weighted by molar-refractivity contribution is 0.314. The standard InChI is InChI=1S/C47H97N/c1-4-6-8-10-12-14-16-18-20-22-24-26-28-30-32-34-36-38-40-42-44-46-48(3)47-45-43-41-39-37-35-33-31-29-27-25-23-21-19-17-15-13-11-9-7-5-2/h4-47H2,1-3H3. The molecule has 0 aromatic carbocycles. The van der Waals surface area contributed by atoms with E-state index < -0.39 is 0 Å². The number of nitrogens with zero attached hydrogens (tertiary/aromatic N) is 1. The minimum Gasteiger partial charge on any atom is -0.306 e. The van der Waals surface area contributed by atoms with Crippen LogP contribution in [-0.2, 0) is 0 Å². The molecule has 48 heavy (non-hydrogen) atoms. The van der Waals surface area contributed by atoms with Crippen LogP contribution in [0.3, 0.4) is 0 Å². The van der Waals surface area contributed by atoms with Crippen LogP contribution >= 0.6 is 0 Å². The monoisotopic (exact) mass is 676 g/mol. The van der Waals surface area contributed by atoms with Crippen molar-refractivity contribution in [3.05, 3.63) is 0 Å². The number of rotatable bonds is 44. The summed E-state index contributed by atoms with van der Waals surface area (Å²) in [4.78, 5) is 2.60. The maximum atomic E-state index is 2.60. The highest BCUT2D eigenvalue weighted by molar-refractivity contribution is 4.56. The van der Waals surface area contributed by atoms with E-state index in [1.807, 2.05) is 0 Å². The Labute approximate surface area is 307 Å². The lowest BCUT2D eigenvalue weighted by atomic mass is 10.0. The molecule has 0 atom stereocenters. The summed E-state index contributed by atoms with van der Waals surface area (Å²) in [6, 6.07) is 0. The molecule has 0 aliphatic carbocycles. The summed E-state index contributed by atoms with van der Waals surface area (Å²) in [6.45, 7) is 7.26. The Morgan fingerprint density at radius 2 is 0.312 bits per heavy atom. The van der Waals surface area contributed by atoms with Gasteiger partial charge in [0.25, 0.3) is 0 Å². The molecule has 0 aromatic heterocycles. The summed E-state index contributed by atoms with van der Waals surface area (Å²) >= 11 is 0. The molecule has 0 aromatic rings. The fourth-order valence-electron chi connectivity index (χ4n) is 7.74. The van der Waals surface area contributed by atoms with Gasteiger partial charge in [0.2, 0.25) is 0 Å². The maximum absolute atomic E-state index is 2.60. The molecule has 0 N–H and O–H groups in total. The smallest absolute Gasteiger partial charge is 0.00218 e. The normalized spacial score (nSPS) is 11.8. The average Bonchev–Trinajstić information content (AvgIpc) is 3.09. The molecule has 0 aliphatic rings. The van der Waals surface area contributed by atoms with E-state index in [1.165, 1.54) is 283 Å². The molecule has 0 saturated heterocycles. The van der Waals surface area contributed by atoms with Crippen molar-refractivity contribution in [3.8, 4) is 0 Å². The van der Waals surface area contributed by atoms with Gasteiger partial charge in [-0.05, 0) is 33.0 Å². The van der Waals surface area contributed by atoms with E-state index in [0.29, 0.717) is 0 Å². The second kappa shape index (κ2) is 45.0. The summed E-state index contributed by atoms with van der Waals surface area (Å²) in [7, 11) is 2.35. The van der Waals surface area contributed by atoms with Crippen molar-refractivity contribution < 1.29 is 0 Å². The van der Waals surface area contributed by atoms with Gasteiger partial charge >= 0.3 is 0 Å². The minimum atomic E-state index is 1.32. The van der Waals surface area contributed by atoms with Crippen LogP contribution < -0.4 is 0 Å². The predicted molar refractivity (Wildman–Crippen MR) is 223 cm³/mol. The van der Waals surface area contributed by atoms with Gasteiger partial charge in [-0.3, -0.25) is 0 Å². The van der Waals surface area contributed by atoms with Gasteiger partial charge in [-0.1, -0.05) is 271 Å². The molecule has 0 bridgehead atoms. The molecule has 0 aliphatic heterocycles. The van der Waals surface area contributed by atoms with Crippen LogP contribution in [0.4, 0.5) is 0 Å². The average molecular weight is 676 g/mol. The molecular weight excluding hydrogens is 579 g/mol. The van der Waals surface area contributed by atoms with Crippen LogP contribution in [0.2, 0.25) is 0 Å². The predicted octanol–water partition coefficient (Wildman–Crippen LogP) is 17.3. The van der Waals surface area contributed by atoms with Gasteiger partial charge in [0.05, 0.1) is 0 Å². The number of hydrogen-bond donors (Lipinski definition) is 0. The number of hydrogen-bond acceptors (Lipinski definition) is 1. The van der Waals surface area contributed by atoms with Crippen molar-refractivity contribution in [1.29, 1.82) is 0 Å². The van der Waals surface area contributed by atoms with Crippen molar-refractivity contribution in [3.63, 3.8) is 0 Å². The van der Waals surface area contributed by atoms with Crippen molar-refractivity contribution >= 4 is 0 Å². The van der Waals surface area contributed by atoms with Gasteiger partial charge in [0, 0.05) is 0 Å². The van der Waals surface area contributed by atoms with Gasteiger partial charge in [-0.2, -0.15) is 0 Å². The fourth-order valence-corrected chi connectivity index (χ4v) is 7.74. The molecule has 290 valence electrons. The van der Waals surface area contributed by atoms with Gasteiger partial charge in [-0.25, -0.2) is 0 Å². The fraction of sp³-hybridized carbons (Fsp3) is 1.00. The van der Waals surface area contributed by atoms with E-state index >= 15 is 0 Å². The second-order valence-corrected chi connectivity index (χ2v) is 16.4. The van der Waals surface area contributed by atoms with Crippen molar-refractivity contribution in [1.82, 2.24) is 4.90 Å². The molecular formula is C47H97N. The maximum Gasteiger partial charge on any atom is -0.00218 e. The van der Waals surface area contributed by atoms with Gasteiger partial charge in [0.1, 0.15) is 0 Å². The van der Waals surface area contributed by atoms with Crippen LogP contribution in [0.1, 0.15) is 284 Å². The van der Waals surface area contributed by atoms with Crippen LogP contribution in [0.15, 0.2) is 0 Å². The largest absolute Gasteiger partial charge is 0.306 e. The zero-order valence-corrected chi connectivity index (χ0v) is 34.6. The second-order valence-electron chi connectivity index (χ2n) is 16.4. The quantitative estimate of drug-likeness (QED) is 0.0581. The molecule has 1 nitrogen and oxygen atoms in total. The molecule has 0 amide bonds. The first kappa shape index (κ1) is 48.0. The van der Waals surface area contributed by atoms with Crippen LogP contribution in [0, 0.1) is 0 Å². The van der Waals surface area contributed by atoms with E-state index in [0.717, 1.165) is 0 Å². The highest BCUT2D eigenvalue weighted by atomic mass is 15.1. The highest BCUT2D eigenvalue weighted by Crippen LogP contribution is 2.17. The minimum absolute atomic E-state index is 1.32.